The van der Waals surface area contributed by atoms with E-state index in [1.165, 1.54) is 0 Å². The first-order chi connectivity index (χ1) is 11.6. The SMILES string of the molecule is Cc1ccc(-c2nnc(CN3C(=O)c4ccccc4C3=O)o2)cc1. The molecule has 0 bridgehead atoms. The Morgan fingerprint density at radius 3 is 2.17 bits per heavy atom. The van der Waals surface area contributed by atoms with Crippen LogP contribution >= 0.6 is 0 Å². The number of rotatable bonds is 3. The third-order valence-electron chi connectivity index (χ3n) is 3.94. The number of amides is 2. The van der Waals surface area contributed by atoms with Gasteiger partial charge >= 0.3 is 0 Å². The van der Waals surface area contributed by atoms with Crippen molar-refractivity contribution in [2.75, 3.05) is 0 Å². The first-order valence-corrected chi connectivity index (χ1v) is 7.48. The zero-order valence-electron chi connectivity index (χ0n) is 12.9. The Labute approximate surface area is 137 Å². The molecule has 0 radical (unpaired) electrons. The molecule has 24 heavy (non-hydrogen) atoms. The van der Waals surface area contributed by atoms with Gasteiger partial charge in [-0.15, -0.1) is 10.2 Å². The molecule has 0 spiro atoms. The second-order valence-corrected chi connectivity index (χ2v) is 5.61. The van der Waals surface area contributed by atoms with Crippen molar-refractivity contribution >= 4 is 11.8 Å². The Bertz CT molecular complexity index is 909. The zero-order valence-corrected chi connectivity index (χ0v) is 12.9. The number of carbonyl (C=O) groups excluding carboxylic acids is 2. The van der Waals surface area contributed by atoms with Gasteiger partial charge in [0.25, 0.3) is 11.8 Å². The summed E-state index contributed by atoms with van der Waals surface area (Å²) in [4.78, 5) is 25.8. The van der Waals surface area contributed by atoms with Crippen molar-refractivity contribution in [1.29, 1.82) is 0 Å². The maximum absolute atomic E-state index is 12.3. The molecular formula is C18H13N3O3. The van der Waals surface area contributed by atoms with E-state index >= 15 is 0 Å². The van der Waals surface area contributed by atoms with Gasteiger partial charge in [-0.2, -0.15) is 0 Å². The van der Waals surface area contributed by atoms with E-state index in [2.05, 4.69) is 10.2 Å². The second kappa shape index (κ2) is 5.42. The fourth-order valence-electron chi connectivity index (χ4n) is 2.65. The van der Waals surface area contributed by atoms with Crippen LogP contribution in [0.3, 0.4) is 0 Å². The van der Waals surface area contributed by atoms with E-state index in [0.717, 1.165) is 16.0 Å². The van der Waals surface area contributed by atoms with Crippen LogP contribution in [0.1, 0.15) is 32.2 Å². The van der Waals surface area contributed by atoms with Crippen molar-refractivity contribution in [3.63, 3.8) is 0 Å². The van der Waals surface area contributed by atoms with E-state index in [-0.39, 0.29) is 24.2 Å². The predicted molar refractivity (Wildman–Crippen MR) is 85.1 cm³/mol. The molecule has 1 aliphatic heterocycles. The van der Waals surface area contributed by atoms with E-state index in [1.54, 1.807) is 24.3 Å². The van der Waals surface area contributed by atoms with Crippen molar-refractivity contribution in [3.05, 3.63) is 71.1 Å². The Morgan fingerprint density at radius 1 is 0.917 bits per heavy atom. The highest BCUT2D eigenvalue weighted by Crippen LogP contribution is 2.25. The van der Waals surface area contributed by atoms with E-state index < -0.39 is 0 Å². The molecule has 3 aromatic rings. The molecule has 0 saturated heterocycles. The molecule has 0 saturated carbocycles. The van der Waals surface area contributed by atoms with E-state index in [1.807, 2.05) is 31.2 Å². The van der Waals surface area contributed by atoms with Gasteiger partial charge in [-0.3, -0.25) is 14.5 Å². The van der Waals surface area contributed by atoms with Crippen LogP contribution in [0.15, 0.2) is 52.9 Å². The quantitative estimate of drug-likeness (QED) is 0.694. The lowest BCUT2D eigenvalue weighted by atomic mass is 10.1. The molecule has 0 fully saturated rings. The molecule has 0 unspecified atom stereocenters. The highest BCUT2D eigenvalue weighted by Gasteiger charge is 2.36. The lowest BCUT2D eigenvalue weighted by molar-refractivity contribution is 0.0629. The third-order valence-corrected chi connectivity index (χ3v) is 3.94. The molecule has 6 nitrogen and oxygen atoms in total. The average Bonchev–Trinajstić information content (AvgIpc) is 3.16. The predicted octanol–water partition coefficient (Wildman–Crippen LogP) is 2.84. The van der Waals surface area contributed by atoms with Crippen LogP contribution in [0, 0.1) is 6.92 Å². The van der Waals surface area contributed by atoms with Gasteiger partial charge in [0, 0.05) is 5.56 Å². The number of aromatic nitrogens is 2. The Kier molecular flexibility index (Phi) is 3.23. The maximum Gasteiger partial charge on any atom is 0.262 e. The molecule has 4 rings (SSSR count). The van der Waals surface area contributed by atoms with Crippen molar-refractivity contribution in [2.24, 2.45) is 0 Å². The van der Waals surface area contributed by atoms with Gasteiger partial charge in [0.1, 0.15) is 6.54 Å². The molecule has 6 heteroatoms. The average molecular weight is 319 g/mol. The van der Waals surface area contributed by atoms with Gasteiger partial charge in [0.05, 0.1) is 11.1 Å². The van der Waals surface area contributed by atoms with Crippen LogP contribution in [0.5, 0.6) is 0 Å². The van der Waals surface area contributed by atoms with Crippen molar-refractivity contribution in [3.8, 4) is 11.5 Å². The summed E-state index contributed by atoms with van der Waals surface area (Å²) in [6, 6.07) is 14.4. The number of nitrogens with zero attached hydrogens (tertiary/aromatic N) is 3. The van der Waals surface area contributed by atoms with E-state index in [0.29, 0.717) is 17.0 Å². The first kappa shape index (κ1) is 14.3. The summed E-state index contributed by atoms with van der Waals surface area (Å²) in [6.45, 7) is 1.95. The number of benzene rings is 2. The molecule has 118 valence electrons. The maximum atomic E-state index is 12.3. The number of fused-ring (bicyclic) bond motifs is 1. The molecule has 1 aromatic heterocycles. The highest BCUT2D eigenvalue weighted by atomic mass is 16.4. The molecule has 1 aliphatic rings. The highest BCUT2D eigenvalue weighted by molar-refractivity contribution is 6.21. The molecular weight excluding hydrogens is 306 g/mol. The van der Waals surface area contributed by atoms with Gasteiger partial charge in [0.15, 0.2) is 0 Å². The molecule has 2 amide bonds. The fraction of sp³-hybridized carbons (Fsp3) is 0.111. The molecule has 2 heterocycles. The van der Waals surface area contributed by atoms with Gasteiger partial charge < -0.3 is 4.42 Å². The van der Waals surface area contributed by atoms with Gasteiger partial charge in [0.2, 0.25) is 11.8 Å². The number of imide groups is 1. The normalized spacial score (nSPS) is 13.5. The standard InChI is InChI=1S/C18H13N3O3/c1-11-6-8-12(9-7-11)16-20-19-15(24-16)10-21-17(22)13-4-2-3-5-14(13)18(21)23/h2-9H,10H2,1H3. The summed E-state index contributed by atoms with van der Waals surface area (Å²) in [7, 11) is 0. The molecule has 2 aromatic carbocycles. The minimum atomic E-state index is -0.342. The third kappa shape index (κ3) is 2.28. The Balaban J connectivity index is 1.58. The number of carbonyl (C=O) groups is 2. The lowest BCUT2D eigenvalue weighted by Crippen LogP contribution is -2.29. The summed E-state index contributed by atoms with van der Waals surface area (Å²) < 4.78 is 5.60. The fourth-order valence-corrected chi connectivity index (χ4v) is 2.65. The summed E-state index contributed by atoms with van der Waals surface area (Å²) in [5.74, 6) is -0.0990. The van der Waals surface area contributed by atoms with Crippen LogP contribution in [-0.2, 0) is 6.54 Å². The van der Waals surface area contributed by atoms with Gasteiger partial charge in [-0.25, -0.2) is 0 Å². The summed E-state index contributed by atoms with van der Waals surface area (Å²) in [5.41, 5.74) is 2.73. The lowest BCUT2D eigenvalue weighted by Gasteiger charge is -2.10. The molecule has 0 atom stereocenters. The van der Waals surface area contributed by atoms with E-state index in [9.17, 15) is 9.59 Å². The topological polar surface area (TPSA) is 76.3 Å². The van der Waals surface area contributed by atoms with Crippen molar-refractivity contribution < 1.29 is 14.0 Å². The first-order valence-electron chi connectivity index (χ1n) is 7.48. The minimum Gasteiger partial charge on any atom is -0.419 e. The second-order valence-electron chi connectivity index (χ2n) is 5.61. The summed E-state index contributed by atoms with van der Waals surface area (Å²) >= 11 is 0. The smallest absolute Gasteiger partial charge is 0.262 e. The number of aryl methyl sites for hydroxylation is 1. The largest absolute Gasteiger partial charge is 0.419 e. The number of hydrogen-bond donors (Lipinski definition) is 0. The van der Waals surface area contributed by atoms with Crippen LogP contribution < -0.4 is 0 Å². The summed E-state index contributed by atoms with van der Waals surface area (Å²) in [5, 5.41) is 7.94. The zero-order chi connectivity index (χ0) is 16.7. The van der Waals surface area contributed by atoms with Crippen LogP contribution in [0.25, 0.3) is 11.5 Å². The van der Waals surface area contributed by atoms with E-state index in [4.69, 9.17) is 4.42 Å². The van der Waals surface area contributed by atoms with Crippen LogP contribution in [-0.4, -0.2) is 26.9 Å². The Morgan fingerprint density at radius 2 is 1.54 bits per heavy atom. The van der Waals surface area contributed by atoms with Crippen LogP contribution in [0.2, 0.25) is 0 Å². The Hall–Kier alpha value is -3.28. The molecule has 0 N–H and O–H groups in total. The van der Waals surface area contributed by atoms with Crippen LogP contribution in [0.4, 0.5) is 0 Å². The molecule has 0 aliphatic carbocycles. The van der Waals surface area contributed by atoms with Gasteiger partial charge in [-0.05, 0) is 31.2 Å². The summed E-state index contributed by atoms with van der Waals surface area (Å²) in [6.07, 6.45) is 0. The van der Waals surface area contributed by atoms with Crippen molar-refractivity contribution in [2.45, 2.75) is 13.5 Å². The monoisotopic (exact) mass is 319 g/mol. The number of hydrogen-bond acceptors (Lipinski definition) is 5. The van der Waals surface area contributed by atoms with Gasteiger partial charge in [-0.1, -0.05) is 29.8 Å². The van der Waals surface area contributed by atoms with Crippen molar-refractivity contribution in [1.82, 2.24) is 15.1 Å². The minimum absolute atomic E-state index is 0.0365.